The minimum absolute atomic E-state index is 0.264. The van der Waals surface area contributed by atoms with Crippen molar-refractivity contribution in [2.75, 3.05) is 11.2 Å². The molecule has 3 aromatic rings. The molecule has 4 N–H and O–H groups in total. The lowest BCUT2D eigenvalue weighted by Gasteiger charge is -2.12. The molecule has 0 saturated heterocycles. The maximum Gasteiger partial charge on any atom is 0.269 e. The molecule has 1 aromatic carbocycles. The van der Waals surface area contributed by atoms with Gasteiger partial charge in [-0.05, 0) is 38.1 Å². The van der Waals surface area contributed by atoms with Crippen LogP contribution in [-0.4, -0.2) is 25.7 Å². The van der Waals surface area contributed by atoms with Gasteiger partial charge in [0.05, 0.1) is 5.69 Å². The van der Waals surface area contributed by atoms with Crippen molar-refractivity contribution in [3.05, 3.63) is 58.6 Å². The summed E-state index contributed by atoms with van der Waals surface area (Å²) in [5.74, 6) is 0.334. The Kier molecular flexibility index (Phi) is 4.53. The number of benzene rings is 1. The lowest BCUT2D eigenvalue weighted by Crippen LogP contribution is -2.30. The third-order valence-electron chi connectivity index (χ3n) is 3.45. The number of carbonyl (C=O) groups excluding carboxylic acids is 1. The van der Waals surface area contributed by atoms with Crippen molar-refractivity contribution in [2.24, 2.45) is 0 Å². The number of anilines is 2. The Balaban J connectivity index is 1.81. The zero-order valence-corrected chi connectivity index (χ0v) is 14.4. The Bertz CT molecular complexity index is 938. The number of hydrogen-bond donors (Lipinski definition) is 3. The number of rotatable bonds is 4. The van der Waals surface area contributed by atoms with E-state index in [1.54, 1.807) is 28.9 Å². The highest BCUT2D eigenvalue weighted by atomic mass is 35.5. The molecule has 0 bridgehead atoms. The molecule has 8 nitrogen and oxygen atoms in total. The van der Waals surface area contributed by atoms with Gasteiger partial charge in [0.25, 0.3) is 5.91 Å². The number of hydrogen-bond acceptors (Lipinski definition) is 6. The van der Waals surface area contributed by atoms with Crippen LogP contribution in [0.25, 0.3) is 5.82 Å². The van der Waals surface area contributed by atoms with E-state index in [-0.39, 0.29) is 17.4 Å². The summed E-state index contributed by atoms with van der Waals surface area (Å²) in [5.41, 5.74) is 13.8. The first-order chi connectivity index (χ1) is 12.0. The van der Waals surface area contributed by atoms with Gasteiger partial charge in [-0.2, -0.15) is 5.10 Å². The molecule has 128 valence electrons. The van der Waals surface area contributed by atoms with Gasteiger partial charge in [0.1, 0.15) is 12.0 Å². The molecule has 2 heterocycles. The molecule has 25 heavy (non-hydrogen) atoms. The first kappa shape index (κ1) is 16.7. The van der Waals surface area contributed by atoms with Crippen LogP contribution in [0.4, 0.5) is 11.5 Å². The topological polar surface area (TPSA) is 111 Å². The Morgan fingerprint density at radius 1 is 1.24 bits per heavy atom. The average Bonchev–Trinajstić information content (AvgIpc) is 2.92. The monoisotopic (exact) mass is 357 g/mol. The number of halogens is 1. The van der Waals surface area contributed by atoms with Crippen LogP contribution in [-0.2, 0) is 0 Å². The van der Waals surface area contributed by atoms with Gasteiger partial charge in [-0.1, -0.05) is 17.7 Å². The molecule has 0 aliphatic rings. The minimum Gasteiger partial charge on any atom is -0.393 e. The zero-order valence-electron chi connectivity index (χ0n) is 13.6. The molecule has 0 saturated carbocycles. The fraction of sp³-hybridized carbons (Fsp3) is 0.125. The maximum atomic E-state index is 12.2. The molecule has 2 aromatic heterocycles. The van der Waals surface area contributed by atoms with Gasteiger partial charge >= 0.3 is 0 Å². The summed E-state index contributed by atoms with van der Waals surface area (Å²) in [6, 6.07) is 8.50. The highest BCUT2D eigenvalue weighted by Crippen LogP contribution is 2.22. The number of aromatic nitrogens is 4. The SMILES string of the molecule is Cc1cc(C)n(-c2ncnc(NNC(=O)c3cccc(Cl)c3)c2N)n1. The summed E-state index contributed by atoms with van der Waals surface area (Å²) in [6.07, 6.45) is 1.34. The normalized spacial score (nSPS) is 10.5. The summed E-state index contributed by atoms with van der Waals surface area (Å²) in [7, 11) is 0. The smallest absolute Gasteiger partial charge is 0.269 e. The van der Waals surface area contributed by atoms with Crippen molar-refractivity contribution in [1.29, 1.82) is 0 Å². The first-order valence-electron chi connectivity index (χ1n) is 7.41. The number of aryl methyl sites for hydroxylation is 2. The Hall–Kier alpha value is -3.13. The molecule has 0 fully saturated rings. The van der Waals surface area contributed by atoms with Crippen molar-refractivity contribution in [2.45, 2.75) is 13.8 Å². The third kappa shape index (κ3) is 3.53. The second kappa shape index (κ2) is 6.78. The van der Waals surface area contributed by atoms with Gasteiger partial charge in [0.15, 0.2) is 11.6 Å². The molecule has 0 unspecified atom stereocenters. The van der Waals surface area contributed by atoms with Crippen molar-refractivity contribution >= 4 is 29.0 Å². The molecule has 0 aliphatic heterocycles. The quantitative estimate of drug-likeness (QED) is 0.618. The zero-order chi connectivity index (χ0) is 18.0. The predicted molar refractivity (Wildman–Crippen MR) is 95.6 cm³/mol. The molecular formula is C16H16ClN7O. The van der Waals surface area contributed by atoms with Gasteiger partial charge in [-0.25, -0.2) is 14.6 Å². The minimum atomic E-state index is -0.367. The number of amides is 1. The predicted octanol–water partition coefficient (Wildman–Crippen LogP) is 2.27. The number of nitrogens with zero attached hydrogens (tertiary/aromatic N) is 4. The Labute approximate surface area is 149 Å². The lowest BCUT2D eigenvalue weighted by molar-refractivity contribution is 0.0962. The van der Waals surface area contributed by atoms with E-state index in [1.807, 2.05) is 19.9 Å². The average molecular weight is 358 g/mol. The van der Waals surface area contributed by atoms with Crippen molar-refractivity contribution < 1.29 is 4.79 Å². The van der Waals surface area contributed by atoms with Crippen LogP contribution in [0.15, 0.2) is 36.7 Å². The molecule has 0 radical (unpaired) electrons. The van der Waals surface area contributed by atoms with Crippen molar-refractivity contribution in [1.82, 2.24) is 25.2 Å². The largest absolute Gasteiger partial charge is 0.393 e. The Morgan fingerprint density at radius 2 is 2.04 bits per heavy atom. The first-order valence-corrected chi connectivity index (χ1v) is 7.79. The molecular weight excluding hydrogens is 342 g/mol. The van der Waals surface area contributed by atoms with Crippen LogP contribution in [0.5, 0.6) is 0 Å². The summed E-state index contributed by atoms with van der Waals surface area (Å²) in [4.78, 5) is 20.4. The van der Waals surface area contributed by atoms with Gasteiger partial charge < -0.3 is 5.73 Å². The van der Waals surface area contributed by atoms with Crippen molar-refractivity contribution in [3.63, 3.8) is 0 Å². The van der Waals surface area contributed by atoms with Crippen LogP contribution >= 0.6 is 11.6 Å². The number of nitrogens with one attached hydrogen (secondary N) is 2. The second-order valence-corrected chi connectivity index (χ2v) is 5.82. The summed E-state index contributed by atoms with van der Waals surface area (Å²) in [5, 5.41) is 4.82. The van der Waals surface area contributed by atoms with Crippen LogP contribution in [0.1, 0.15) is 21.7 Å². The third-order valence-corrected chi connectivity index (χ3v) is 3.69. The number of hydrazine groups is 1. The molecule has 0 spiro atoms. The van der Waals surface area contributed by atoms with Gasteiger partial charge in [0, 0.05) is 16.3 Å². The number of nitrogen functional groups attached to an aromatic ring is 1. The second-order valence-electron chi connectivity index (χ2n) is 5.39. The van der Waals surface area contributed by atoms with E-state index in [2.05, 4.69) is 25.9 Å². The van der Waals surface area contributed by atoms with E-state index < -0.39 is 0 Å². The number of carbonyl (C=O) groups is 1. The standard InChI is InChI=1S/C16H16ClN7O/c1-9-6-10(2)24(23-9)15-13(18)14(19-8-20-15)21-22-16(25)11-4-3-5-12(17)7-11/h3-8H,18H2,1-2H3,(H,22,25)(H,19,20,21). The van der Waals surface area contributed by atoms with Gasteiger partial charge in [0.2, 0.25) is 0 Å². The summed E-state index contributed by atoms with van der Waals surface area (Å²) < 4.78 is 1.62. The summed E-state index contributed by atoms with van der Waals surface area (Å²) >= 11 is 5.89. The van der Waals surface area contributed by atoms with Crippen LogP contribution in [0, 0.1) is 13.8 Å². The molecule has 1 amide bonds. The highest BCUT2D eigenvalue weighted by molar-refractivity contribution is 6.30. The van der Waals surface area contributed by atoms with Crippen LogP contribution in [0.3, 0.4) is 0 Å². The fourth-order valence-electron chi connectivity index (χ4n) is 2.32. The lowest BCUT2D eigenvalue weighted by atomic mass is 10.2. The molecule has 3 rings (SSSR count). The van der Waals surface area contributed by atoms with Gasteiger partial charge in [-0.15, -0.1) is 0 Å². The Morgan fingerprint density at radius 3 is 2.72 bits per heavy atom. The fourth-order valence-corrected chi connectivity index (χ4v) is 2.51. The maximum absolute atomic E-state index is 12.2. The van der Waals surface area contributed by atoms with E-state index >= 15 is 0 Å². The van der Waals surface area contributed by atoms with E-state index in [0.29, 0.717) is 16.4 Å². The highest BCUT2D eigenvalue weighted by Gasteiger charge is 2.14. The van der Waals surface area contributed by atoms with E-state index in [4.69, 9.17) is 17.3 Å². The molecule has 0 atom stereocenters. The molecule has 0 aliphatic carbocycles. The summed E-state index contributed by atoms with van der Waals surface area (Å²) in [6.45, 7) is 3.78. The van der Waals surface area contributed by atoms with Crippen molar-refractivity contribution in [3.8, 4) is 5.82 Å². The molecule has 9 heteroatoms. The van der Waals surface area contributed by atoms with Crippen LogP contribution < -0.4 is 16.6 Å². The van der Waals surface area contributed by atoms with E-state index in [0.717, 1.165) is 11.4 Å². The van der Waals surface area contributed by atoms with E-state index in [9.17, 15) is 4.79 Å². The number of nitrogens with two attached hydrogens (primary N) is 1. The van der Waals surface area contributed by atoms with E-state index in [1.165, 1.54) is 6.33 Å². The van der Waals surface area contributed by atoms with Crippen LogP contribution in [0.2, 0.25) is 5.02 Å². The van der Waals surface area contributed by atoms with Gasteiger partial charge in [-0.3, -0.25) is 15.6 Å².